The minimum atomic E-state index is 0.175. The molecular weight excluding hydrogens is 196 g/mol. The summed E-state index contributed by atoms with van der Waals surface area (Å²) in [4.78, 5) is 2.42. The lowest BCUT2D eigenvalue weighted by Gasteiger charge is -2.27. The second-order valence-electron chi connectivity index (χ2n) is 4.28. The van der Waals surface area contributed by atoms with Crippen molar-refractivity contribution in [2.75, 3.05) is 32.1 Å². The van der Waals surface area contributed by atoms with Crippen LogP contribution in [0.25, 0.3) is 0 Å². The number of alkyl halides is 1. The molecule has 0 aromatic heterocycles. The Hall–Kier alpha value is 0.210. The standard InChI is InChI=1S/C11H25ClN2/c1-5-14(6-2)10-9-13-11(3,4)7-8-12/h13H,5-10H2,1-4H3. The smallest absolute Gasteiger partial charge is 0.0240 e. The van der Waals surface area contributed by atoms with Gasteiger partial charge in [0, 0.05) is 24.5 Å². The topological polar surface area (TPSA) is 15.3 Å². The third kappa shape index (κ3) is 6.63. The zero-order valence-electron chi connectivity index (χ0n) is 10.1. The summed E-state index contributed by atoms with van der Waals surface area (Å²) in [6.45, 7) is 13.3. The van der Waals surface area contributed by atoms with Gasteiger partial charge in [-0.3, -0.25) is 0 Å². The van der Waals surface area contributed by atoms with E-state index in [9.17, 15) is 0 Å². The molecule has 14 heavy (non-hydrogen) atoms. The Balaban J connectivity index is 3.60. The predicted octanol–water partition coefficient (Wildman–Crippen LogP) is 2.33. The van der Waals surface area contributed by atoms with Crippen LogP contribution in [0.1, 0.15) is 34.1 Å². The average Bonchev–Trinajstić information content (AvgIpc) is 2.12. The molecule has 0 fully saturated rings. The summed E-state index contributed by atoms with van der Waals surface area (Å²) in [6, 6.07) is 0. The fraction of sp³-hybridized carbons (Fsp3) is 1.00. The van der Waals surface area contributed by atoms with E-state index in [0.29, 0.717) is 0 Å². The molecule has 0 heterocycles. The molecule has 1 N–H and O–H groups in total. The van der Waals surface area contributed by atoms with E-state index >= 15 is 0 Å². The average molecular weight is 221 g/mol. The van der Waals surface area contributed by atoms with E-state index in [-0.39, 0.29) is 5.54 Å². The van der Waals surface area contributed by atoms with E-state index in [1.54, 1.807) is 0 Å². The fourth-order valence-corrected chi connectivity index (χ4v) is 1.89. The van der Waals surface area contributed by atoms with Crippen molar-refractivity contribution < 1.29 is 0 Å². The van der Waals surface area contributed by atoms with E-state index in [2.05, 4.69) is 37.9 Å². The Morgan fingerprint density at radius 1 is 1.21 bits per heavy atom. The van der Waals surface area contributed by atoms with Crippen LogP contribution in [0.3, 0.4) is 0 Å². The van der Waals surface area contributed by atoms with Crippen molar-refractivity contribution in [2.24, 2.45) is 0 Å². The van der Waals surface area contributed by atoms with Crippen LogP contribution in [0.15, 0.2) is 0 Å². The zero-order valence-corrected chi connectivity index (χ0v) is 10.8. The SMILES string of the molecule is CCN(CC)CCNC(C)(C)CCCl. The zero-order chi connectivity index (χ0) is 11.0. The van der Waals surface area contributed by atoms with Crippen LogP contribution in [0, 0.1) is 0 Å². The number of rotatable bonds is 8. The highest BCUT2D eigenvalue weighted by Crippen LogP contribution is 2.08. The predicted molar refractivity (Wildman–Crippen MR) is 65.2 cm³/mol. The van der Waals surface area contributed by atoms with Crippen LogP contribution in [0.2, 0.25) is 0 Å². The first-order valence-corrected chi connectivity index (χ1v) is 6.12. The van der Waals surface area contributed by atoms with E-state index in [1.165, 1.54) is 0 Å². The first-order chi connectivity index (χ1) is 6.55. The van der Waals surface area contributed by atoms with E-state index < -0.39 is 0 Å². The summed E-state index contributed by atoms with van der Waals surface area (Å²) in [6.07, 6.45) is 1.02. The quantitative estimate of drug-likeness (QED) is 0.632. The maximum absolute atomic E-state index is 5.73. The largest absolute Gasteiger partial charge is 0.310 e. The van der Waals surface area contributed by atoms with Gasteiger partial charge >= 0.3 is 0 Å². The van der Waals surface area contributed by atoms with Gasteiger partial charge in [0.2, 0.25) is 0 Å². The second kappa shape index (κ2) is 7.49. The molecule has 0 aromatic carbocycles. The normalized spacial score (nSPS) is 12.4. The number of hydrogen-bond acceptors (Lipinski definition) is 2. The number of nitrogens with zero attached hydrogens (tertiary/aromatic N) is 1. The first-order valence-electron chi connectivity index (χ1n) is 5.59. The highest BCUT2D eigenvalue weighted by molar-refractivity contribution is 6.17. The van der Waals surface area contributed by atoms with Crippen molar-refractivity contribution in [3.8, 4) is 0 Å². The van der Waals surface area contributed by atoms with Crippen LogP contribution in [-0.2, 0) is 0 Å². The number of likely N-dealkylation sites (N-methyl/N-ethyl adjacent to an activating group) is 1. The Bertz CT molecular complexity index is 133. The molecule has 0 spiro atoms. The molecule has 0 aliphatic rings. The molecule has 0 radical (unpaired) electrons. The van der Waals surface area contributed by atoms with Crippen LogP contribution < -0.4 is 5.32 Å². The third-order valence-electron chi connectivity index (χ3n) is 2.65. The fourth-order valence-electron chi connectivity index (χ4n) is 1.42. The van der Waals surface area contributed by atoms with Crippen molar-refractivity contribution in [1.82, 2.24) is 10.2 Å². The summed E-state index contributed by atoms with van der Waals surface area (Å²) < 4.78 is 0. The lowest BCUT2D eigenvalue weighted by molar-refractivity contribution is 0.278. The van der Waals surface area contributed by atoms with E-state index in [4.69, 9.17) is 11.6 Å². The Kier molecular flexibility index (Phi) is 7.61. The molecule has 0 bridgehead atoms. The molecule has 0 unspecified atom stereocenters. The summed E-state index contributed by atoms with van der Waals surface area (Å²) >= 11 is 5.73. The molecule has 0 saturated carbocycles. The lowest BCUT2D eigenvalue weighted by atomic mass is 10.0. The van der Waals surface area contributed by atoms with E-state index in [0.717, 1.165) is 38.5 Å². The van der Waals surface area contributed by atoms with Crippen LogP contribution in [-0.4, -0.2) is 42.5 Å². The van der Waals surface area contributed by atoms with Gasteiger partial charge in [0.15, 0.2) is 0 Å². The molecule has 0 aromatic rings. The van der Waals surface area contributed by atoms with Crippen LogP contribution >= 0.6 is 11.6 Å². The third-order valence-corrected chi connectivity index (χ3v) is 2.83. The number of halogens is 1. The van der Waals surface area contributed by atoms with Gasteiger partial charge in [-0.25, -0.2) is 0 Å². The molecule has 0 amide bonds. The van der Waals surface area contributed by atoms with Gasteiger partial charge in [-0.2, -0.15) is 0 Å². The van der Waals surface area contributed by atoms with Crippen molar-refractivity contribution >= 4 is 11.6 Å². The summed E-state index contributed by atoms with van der Waals surface area (Å²) in [7, 11) is 0. The van der Waals surface area contributed by atoms with Crippen molar-refractivity contribution in [3.63, 3.8) is 0 Å². The van der Waals surface area contributed by atoms with Gasteiger partial charge in [-0.05, 0) is 33.4 Å². The molecule has 86 valence electrons. The Labute approximate surface area is 94.0 Å². The maximum Gasteiger partial charge on any atom is 0.0240 e. The summed E-state index contributed by atoms with van der Waals surface area (Å²) in [5.74, 6) is 0.727. The lowest BCUT2D eigenvalue weighted by Crippen LogP contribution is -2.43. The maximum atomic E-state index is 5.73. The molecule has 2 nitrogen and oxygen atoms in total. The van der Waals surface area contributed by atoms with Gasteiger partial charge in [-0.15, -0.1) is 11.6 Å². The number of hydrogen-bond donors (Lipinski definition) is 1. The van der Waals surface area contributed by atoms with Crippen molar-refractivity contribution in [1.29, 1.82) is 0 Å². The minimum absolute atomic E-state index is 0.175. The molecule has 0 aliphatic carbocycles. The van der Waals surface area contributed by atoms with Crippen LogP contribution in [0.4, 0.5) is 0 Å². The monoisotopic (exact) mass is 220 g/mol. The molecule has 3 heteroatoms. The van der Waals surface area contributed by atoms with Gasteiger partial charge < -0.3 is 10.2 Å². The van der Waals surface area contributed by atoms with Crippen molar-refractivity contribution in [2.45, 2.75) is 39.7 Å². The molecular formula is C11H25ClN2. The highest BCUT2D eigenvalue weighted by Gasteiger charge is 2.15. The van der Waals surface area contributed by atoms with Gasteiger partial charge in [0.25, 0.3) is 0 Å². The molecule has 0 saturated heterocycles. The summed E-state index contributed by atoms with van der Waals surface area (Å²) in [5.41, 5.74) is 0.175. The molecule has 0 aliphatic heterocycles. The van der Waals surface area contributed by atoms with Gasteiger partial charge in [0.05, 0.1) is 0 Å². The first kappa shape index (κ1) is 14.2. The molecule has 0 rings (SSSR count). The van der Waals surface area contributed by atoms with Crippen LogP contribution in [0.5, 0.6) is 0 Å². The Morgan fingerprint density at radius 2 is 1.79 bits per heavy atom. The number of nitrogens with one attached hydrogen (secondary N) is 1. The van der Waals surface area contributed by atoms with Crippen molar-refractivity contribution in [3.05, 3.63) is 0 Å². The highest BCUT2D eigenvalue weighted by atomic mass is 35.5. The second-order valence-corrected chi connectivity index (χ2v) is 4.65. The summed E-state index contributed by atoms with van der Waals surface area (Å²) in [5, 5.41) is 3.53. The minimum Gasteiger partial charge on any atom is -0.310 e. The van der Waals surface area contributed by atoms with Gasteiger partial charge in [0.1, 0.15) is 0 Å². The molecule has 0 atom stereocenters. The Morgan fingerprint density at radius 3 is 2.21 bits per heavy atom. The van der Waals surface area contributed by atoms with Gasteiger partial charge in [-0.1, -0.05) is 13.8 Å². The van der Waals surface area contributed by atoms with E-state index in [1.807, 2.05) is 0 Å².